The van der Waals surface area contributed by atoms with Crippen LogP contribution in [0.4, 0.5) is 0 Å². The van der Waals surface area contributed by atoms with Gasteiger partial charge < -0.3 is 9.80 Å². The van der Waals surface area contributed by atoms with Gasteiger partial charge in [-0.2, -0.15) is 0 Å². The molecule has 0 aliphatic heterocycles. The minimum atomic E-state index is 0.226. The van der Waals surface area contributed by atoms with Crippen molar-refractivity contribution in [3.63, 3.8) is 0 Å². The van der Waals surface area contributed by atoms with Crippen molar-refractivity contribution in [1.29, 1.82) is 0 Å². The van der Waals surface area contributed by atoms with Crippen molar-refractivity contribution in [2.24, 2.45) is 40.4 Å². The molecule has 4 rings (SSSR count). The summed E-state index contributed by atoms with van der Waals surface area (Å²) in [5.41, 5.74) is 1.02. The highest BCUT2D eigenvalue weighted by molar-refractivity contribution is 5.73. The second kappa shape index (κ2) is 7.53. The fourth-order valence-electron chi connectivity index (χ4n) is 9.09. The van der Waals surface area contributed by atoms with Gasteiger partial charge in [0.15, 0.2) is 0 Å². The Hall–Kier alpha value is -0.570. The van der Waals surface area contributed by atoms with Crippen LogP contribution in [0.25, 0.3) is 0 Å². The predicted molar refractivity (Wildman–Crippen MR) is 121 cm³/mol. The van der Waals surface area contributed by atoms with E-state index in [1.165, 1.54) is 57.8 Å². The van der Waals surface area contributed by atoms with Crippen LogP contribution in [0.2, 0.25) is 0 Å². The Morgan fingerprint density at radius 3 is 2.21 bits per heavy atom. The van der Waals surface area contributed by atoms with Crippen LogP contribution in [0, 0.1) is 40.4 Å². The third-order valence-electron chi connectivity index (χ3n) is 11.1. The minimum absolute atomic E-state index is 0.226. The number of nitrogens with zero attached hydrogens (tertiary/aromatic N) is 2. The fraction of sp³-hybridized carbons (Fsp3) is 0.962. The highest BCUT2D eigenvalue weighted by atomic mass is 16.2. The van der Waals surface area contributed by atoms with Gasteiger partial charge in [0.2, 0.25) is 5.91 Å². The molecular weight excluding hydrogens is 356 g/mol. The first-order valence-corrected chi connectivity index (χ1v) is 12.5. The van der Waals surface area contributed by atoms with E-state index in [9.17, 15) is 4.79 Å². The molecule has 0 N–H and O–H groups in total. The lowest BCUT2D eigenvalue weighted by Gasteiger charge is -2.62. The van der Waals surface area contributed by atoms with Gasteiger partial charge in [-0.3, -0.25) is 4.79 Å². The van der Waals surface area contributed by atoms with Gasteiger partial charge >= 0.3 is 0 Å². The van der Waals surface area contributed by atoms with E-state index in [1.807, 2.05) is 11.9 Å². The van der Waals surface area contributed by atoms with Gasteiger partial charge in [-0.05, 0) is 119 Å². The summed E-state index contributed by atoms with van der Waals surface area (Å²) in [6.45, 7) is 9.33. The second-order valence-corrected chi connectivity index (χ2v) is 12.1. The summed E-state index contributed by atoms with van der Waals surface area (Å²) in [7, 11) is 6.58. The molecule has 0 aromatic carbocycles. The van der Waals surface area contributed by atoms with Gasteiger partial charge in [0.1, 0.15) is 0 Å². The molecule has 3 nitrogen and oxygen atoms in total. The molecule has 0 aromatic heterocycles. The largest absolute Gasteiger partial charge is 0.343 e. The molecule has 0 heterocycles. The normalized spacial score (nSPS) is 47.9. The Kier molecular flexibility index (Phi) is 5.63. The Balaban J connectivity index is 1.53. The molecule has 0 unspecified atom stereocenters. The molecular formula is C26H46N2O. The number of rotatable bonds is 3. The SMILES string of the molecule is CC(=O)N(C)[C@H](C)[C@H]1CC[C@H]2[C@@H]3CC[C@H]4C[C@H](N(C)C)CC[C@]4(C)[C@H]3CC[C@]12C. The molecule has 4 aliphatic rings. The van der Waals surface area contributed by atoms with Crippen LogP contribution in [0.15, 0.2) is 0 Å². The molecule has 9 atom stereocenters. The van der Waals surface area contributed by atoms with E-state index in [-0.39, 0.29) is 5.91 Å². The van der Waals surface area contributed by atoms with Gasteiger partial charge in [-0.1, -0.05) is 13.8 Å². The standard InChI is InChI=1S/C26H46N2O/c1-17(28(7)18(2)29)22-10-11-23-21-9-8-19-16-20(27(5)6)12-14-25(19,3)24(21)13-15-26(22,23)4/h17,19-24H,8-16H2,1-7H3/t17-,19+,20-,21+,22-,23+,24+,25+,26-/m1/s1. The zero-order valence-corrected chi connectivity index (χ0v) is 20.2. The maximum Gasteiger partial charge on any atom is 0.219 e. The van der Waals surface area contributed by atoms with Crippen molar-refractivity contribution in [2.45, 2.75) is 97.6 Å². The maximum atomic E-state index is 12.0. The Morgan fingerprint density at radius 2 is 1.55 bits per heavy atom. The average molecular weight is 403 g/mol. The van der Waals surface area contributed by atoms with E-state index >= 15 is 0 Å². The summed E-state index contributed by atoms with van der Waals surface area (Å²) in [5.74, 6) is 4.61. The van der Waals surface area contributed by atoms with Crippen LogP contribution in [0.5, 0.6) is 0 Å². The monoisotopic (exact) mass is 402 g/mol. The van der Waals surface area contributed by atoms with E-state index in [2.05, 4.69) is 39.8 Å². The Morgan fingerprint density at radius 1 is 0.897 bits per heavy atom. The molecule has 0 saturated heterocycles. The summed E-state index contributed by atoms with van der Waals surface area (Å²) in [6.07, 6.45) is 12.7. The highest BCUT2D eigenvalue weighted by Crippen LogP contribution is 2.68. The summed E-state index contributed by atoms with van der Waals surface area (Å²) in [6, 6.07) is 1.18. The number of hydrogen-bond acceptors (Lipinski definition) is 2. The Labute approximate surface area is 180 Å². The van der Waals surface area contributed by atoms with Crippen molar-refractivity contribution >= 4 is 5.91 Å². The first-order chi connectivity index (χ1) is 13.6. The van der Waals surface area contributed by atoms with E-state index < -0.39 is 0 Å². The molecule has 3 heteroatoms. The van der Waals surface area contributed by atoms with Crippen LogP contribution >= 0.6 is 0 Å². The third-order valence-corrected chi connectivity index (χ3v) is 11.1. The summed E-state index contributed by atoms with van der Waals surface area (Å²) in [4.78, 5) is 16.5. The van der Waals surface area contributed by atoms with Crippen LogP contribution in [-0.4, -0.2) is 48.9 Å². The molecule has 0 spiro atoms. The number of carbonyl (C=O) groups is 1. The molecule has 0 aromatic rings. The van der Waals surface area contributed by atoms with Gasteiger partial charge in [0.05, 0.1) is 0 Å². The lowest BCUT2D eigenvalue weighted by atomic mass is 9.44. The zero-order chi connectivity index (χ0) is 21.1. The van der Waals surface area contributed by atoms with Crippen molar-refractivity contribution in [2.75, 3.05) is 21.1 Å². The first-order valence-electron chi connectivity index (χ1n) is 12.5. The van der Waals surface area contributed by atoms with E-state index in [1.54, 1.807) is 6.92 Å². The van der Waals surface area contributed by atoms with Gasteiger partial charge in [0.25, 0.3) is 0 Å². The second-order valence-electron chi connectivity index (χ2n) is 12.1. The first kappa shape index (κ1) is 21.7. The lowest BCUT2D eigenvalue weighted by molar-refractivity contribution is -0.135. The van der Waals surface area contributed by atoms with E-state index in [4.69, 9.17) is 0 Å². The molecule has 166 valence electrons. The predicted octanol–water partition coefficient (Wildman–Crippen LogP) is 5.44. The van der Waals surface area contributed by atoms with Gasteiger partial charge in [0, 0.05) is 26.1 Å². The molecule has 0 bridgehead atoms. The van der Waals surface area contributed by atoms with E-state index in [0.717, 1.165) is 29.7 Å². The summed E-state index contributed by atoms with van der Waals surface area (Å²) >= 11 is 0. The number of fused-ring (bicyclic) bond motifs is 5. The maximum absolute atomic E-state index is 12.0. The van der Waals surface area contributed by atoms with Crippen LogP contribution < -0.4 is 0 Å². The summed E-state index contributed by atoms with van der Waals surface area (Å²) in [5, 5.41) is 0. The molecule has 1 amide bonds. The van der Waals surface area contributed by atoms with Gasteiger partial charge in [-0.25, -0.2) is 0 Å². The topological polar surface area (TPSA) is 23.6 Å². The van der Waals surface area contributed by atoms with Crippen molar-refractivity contribution in [3.8, 4) is 0 Å². The van der Waals surface area contributed by atoms with Gasteiger partial charge in [-0.15, -0.1) is 0 Å². The Bertz CT molecular complexity index is 632. The van der Waals surface area contributed by atoms with Crippen molar-refractivity contribution in [1.82, 2.24) is 9.80 Å². The smallest absolute Gasteiger partial charge is 0.219 e. The van der Waals surface area contributed by atoms with Crippen LogP contribution in [0.3, 0.4) is 0 Å². The quantitative estimate of drug-likeness (QED) is 0.627. The summed E-state index contributed by atoms with van der Waals surface area (Å²) < 4.78 is 0. The number of carbonyl (C=O) groups excluding carboxylic acids is 1. The number of hydrogen-bond donors (Lipinski definition) is 0. The fourth-order valence-corrected chi connectivity index (χ4v) is 9.09. The molecule has 0 radical (unpaired) electrons. The number of amides is 1. The molecule has 4 fully saturated rings. The molecule has 4 saturated carbocycles. The van der Waals surface area contributed by atoms with Crippen LogP contribution in [0.1, 0.15) is 85.5 Å². The van der Waals surface area contributed by atoms with Crippen molar-refractivity contribution < 1.29 is 4.79 Å². The van der Waals surface area contributed by atoms with E-state index in [0.29, 0.717) is 22.8 Å². The zero-order valence-electron chi connectivity index (χ0n) is 20.2. The molecule has 4 aliphatic carbocycles. The van der Waals surface area contributed by atoms with Crippen LogP contribution in [-0.2, 0) is 4.79 Å². The highest BCUT2D eigenvalue weighted by Gasteiger charge is 2.61. The minimum Gasteiger partial charge on any atom is -0.343 e. The average Bonchev–Trinajstić information content (AvgIpc) is 3.03. The van der Waals surface area contributed by atoms with Crippen molar-refractivity contribution in [3.05, 3.63) is 0 Å². The third kappa shape index (κ3) is 3.29. The molecule has 29 heavy (non-hydrogen) atoms. The lowest BCUT2D eigenvalue weighted by Crippen LogP contribution is -2.56.